The molecule has 0 aromatic heterocycles. The molecule has 0 bridgehead atoms. The first-order valence-electron chi connectivity index (χ1n) is 5.79. The third-order valence-electron chi connectivity index (χ3n) is 2.67. The molecule has 1 rings (SSSR count). The lowest BCUT2D eigenvalue weighted by Crippen LogP contribution is -2.44. The van der Waals surface area contributed by atoms with Gasteiger partial charge in [0.15, 0.2) is 5.75 Å². The second-order valence-electron chi connectivity index (χ2n) is 4.59. The summed E-state index contributed by atoms with van der Waals surface area (Å²) < 4.78 is 26.1. The van der Waals surface area contributed by atoms with Crippen LogP contribution in [-0.4, -0.2) is 35.6 Å². The quantitative estimate of drug-likeness (QED) is 0.516. The molecule has 21 heavy (non-hydrogen) atoms. The van der Waals surface area contributed by atoms with E-state index in [0.29, 0.717) is 6.07 Å². The number of phenols is 1. The summed E-state index contributed by atoms with van der Waals surface area (Å²) in [6, 6.07) is 1.10. The monoisotopic (exact) mass is 318 g/mol. The molecule has 0 amide bonds. The number of nitro groups is 1. The van der Waals surface area contributed by atoms with Crippen LogP contribution in [0.1, 0.15) is 13.8 Å². The van der Waals surface area contributed by atoms with E-state index in [1.54, 1.807) is 0 Å². The van der Waals surface area contributed by atoms with Crippen LogP contribution in [0.4, 0.5) is 5.69 Å². The van der Waals surface area contributed by atoms with Gasteiger partial charge in [0.1, 0.15) is 6.04 Å². The van der Waals surface area contributed by atoms with Gasteiger partial charge in [-0.3, -0.25) is 14.9 Å². The molecule has 0 radical (unpaired) electrons. The highest BCUT2D eigenvalue weighted by Gasteiger charge is 2.29. The fraction of sp³-hybridized carbons (Fsp3) is 0.364. The van der Waals surface area contributed by atoms with Crippen molar-refractivity contribution in [2.24, 2.45) is 5.92 Å². The summed E-state index contributed by atoms with van der Waals surface area (Å²) in [6.07, 6.45) is 0. The Hall–Kier alpha value is -2.20. The highest BCUT2D eigenvalue weighted by atomic mass is 32.2. The van der Waals surface area contributed by atoms with E-state index < -0.39 is 49.2 Å². The summed E-state index contributed by atoms with van der Waals surface area (Å²) in [6.45, 7) is 3.03. The summed E-state index contributed by atoms with van der Waals surface area (Å²) in [7, 11) is -4.27. The smallest absolute Gasteiger partial charge is 0.322 e. The van der Waals surface area contributed by atoms with Crippen LogP contribution in [0.2, 0.25) is 0 Å². The van der Waals surface area contributed by atoms with Crippen LogP contribution in [0.15, 0.2) is 23.1 Å². The maximum atomic E-state index is 12.1. The Morgan fingerprint density at radius 3 is 2.38 bits per heavy atom. The third kappa shape index (κ3) is 3.89. The number of hydrogen-bond acceptors (Lipinski definition) is 6. The number of carboxylic acids is 1. The number of carbonyl (C=O) groups is 1. The van der Waals surface area contributed by atoms with Crippen LogP contribution >= 0.6 is 0 Å². The van der Waals surface area contributed by atoms with Gasteiger partial charge < -0.3 is 10.2 Å². The molecule has 0 saturated heterocycles. The Morgan fingerprint density at radius 2 is 1.95 bits per heavy atom. The van der Waals surface area contributed by atoms with Gasteiger partial charge in [0.2, 0.25) is 10.0 Å². The standard InChI is InChI=1S/C11H14N2O7S/c1-6(2)10(11(15)16)12-21(19,20)7-3-4-9(14)8(5-7)13(17)18/h3-6,10,12,14H,1-2H3,(H,15,16)/t10-/m1/s1. The predicted molar refractivity (Wildman–Crippen MR) is 71.3 cm³/mol. The van der Waals surface area contributed by atoms with Crippen LogP contribution in [0.25, 0.3) is 0 Å². The van der Waals surface area contributed by atoms with Crippen LogP contribution in [-0.2, 0) is 14.8 Å². The molecular weight excluding hydrogens is 304 g/mol. The highest BCUT2D eigenvalue weighted by Crippen LogP contribution is 2.28. The van der Waals surface area contributed by atoms with Crippen molar-refractivity contribution in [1.82, 2.24) is 4.72 Å². The Balaban J connectivity index is 3.22. The third-order valence-corrected chi connectivity index (χ3v) is 4.11. The SMILES string of the molecule is CC(C)[C@@H](NS(=O)(=O)c1ccc(O)c([N+](=O)[O-])c1)C(=O)O. The average Bonchev–Trinajstić information content (AvgIpc) is 2.35. The molecule has 116 valence electrons. The Labute approximate surface area is 120 Å². The number of nitrogens with one attached hydrogen (secondary N) is 1. The number of hydrogen-bond donors (Lipinski definition) is 3. The zero-order valence-electron chi connectivity index (χ0n) is 11.2. The number of benzene rings is 1. The van der Waals surface area contributed by atoms with Crippen LogP contribution in [0.3, 0.4) is 0 Å². The van der Waals surface area contributed by atoms with Gasteiger partial charge in [-0.05, 0) is 18.1 Å². The molecule has 1 atom stereocenters. The largest absolute Gasteiger partial charge is 0.502 e. The molecule has 3 N–H and O–H groups in total. The molecular formula is C11H14N2O7S. The van der Waals surface area contributed by atoms with E-state index in [9.17, 15) is 28.4 Å². The molecule has 0 heterocycles. The van der Waals surface area contributed by atoms with E-state index in [4.69, 9.17) is 5.11 Å². The van der Waals surface area contributed by atoms with Crippen LogP contribution in [0.5, 0.6) is 5.75 Å². The average molecular weight is 318 g/mol. The molecule has 1 aromatic carbocycles. The predicted octanol–water partition coefficient (Wildman–Crippen LogP) is 0.688. The van der Waals surface area contributed by atoms with Gasteiger partial charge in [-0.25, -0.2) is 8.42 Å². The number of carboxylic acid groups (broad SMARTS) is 1. The zero-order valence-corrected chi connectivity index (χ0v) is 12.0. The van der Waals surface area contributed by atoms with Gasteiger partial charge in [0, 0.05) is 6.07 Å². The van der Waals surface area contributed by atoms with Gasteiger partial charge in [0.25, 0.3) is 0 Å². The lowest BCUT2D eigenvalue weighted by atomic mass is 10.1. The maximum Gasteiger partial charge on any atom is 0.322 e. The number of rotatable bonds is 6. The highest BCUT2D eigenvalue weighted by molar-refractivity contribution is 7.89. The molecule has 0 aliphatic carbocycles. The fourth-order valence-corrected chi connectivity index (χ4v) is 2.88. The van der Waals surface area contributed by atoms with Crippen LogP contribution < -0.4 is 4.72 Å². The summed E-state index contributed by atoms with van der Waals surface area (Å²) in [5.74, 6) is -2.57. The first kappa shape index (κ1) is 16.9. The number of nitrogens with zero attached hydrogens (tertiary/aromatic N) is 1. The summed E-state index contributed by atoms with van der Waals surface area (Å²) in [5, 5.41) is 28.9. The van der Waals surface area contributed by atoms with E-state index in [-0.39, 0.29) is 0 Å². The normalized spacial score (nSPS) is 13.1. The van der Waals surface area contributed by atoms with E-state index >= 15 is 0 Å². The van der Waals surface area contributed by atoms with Gasteiger partial charge >= 0.3 is 11.7 Å². The van der Waals surface area contributed by atoms with E-state index in [1.807, 2.05) is 4.72 Å². The van der Waals surface area contributed by atoms with Gasteiger partial charge in [-0.2, -0.15) is 4.72 Å². The van der Waals surface area contributed by atoms with Crippen molar-refractivity contribution >= 4 is 21.7 Å². The summed E-state index contributed by atoms with van der Waals surface area (Å²) >= 11 is 0. The van der Waals surface area contributed by atoms with Crippen molar-refractivity contribution in [3.8, 4) is 5.75 Å². The topological polar surface area (TPSA) is 147 Å². The zero-order chi connectivity index (χ0) is 16.4. The second-order valence-corrected chi connectivity index (χ2v) is 6.30. The molecule has 0 saturated carbocycles. The fourth-order valence-electron chi connectivity index (χ4n) is 1.52. The van der Waals surface area contributed by atoms with Crippen molar-refractivity contribution in [3.63, 3.8) is 0 Å². The molecule has 1 aromatic rings. The molecule has 0 aliphatic rings. The van der Waals surface area contributed by atoms with E-state index in [2.05, 4.69) is 0 Å². The first-order chi connectivity index (χ1) is 9.56. The van der Waals surface area contributed by atoms with Gasteiger partial charge in [-0.15, -0.1) is 0 Å². The molecule has 0 aliphatic heterocycles. The summed E-state index contributed by atoms with van der Waals surface area (Å²) in [5.41, 5.74) is -0.783. The van der Waals surface area contributed by atoms with Crippen molar-refractivity contribution in [1.29, 1.82) is 0 Å². The number of aromatic hydroxyl groups is 1. The number of sulfonamides is 1. The van der Waals surface area contributed by atoms with Crippen LogP contribution in [0, 0.1) is 16.0 Å². The molecule has 10 heteroatoms. The van der Waals surface area contributed by atoms with Gasteiger partial charge in [0.05, 0.1) is 9.82 Å². The number of phenolic OH excluding ortho intramolecular Hbond substituents is 1. The Kier molecular flexibility index (Phi) is 4.86. The Bertz CT molecular complexity index is 669. The molecule has 0 fully saturated rings. The summed E-state index contributed by atoms with van der Waals surface area (Å²) in [4.78, 5) is 20.2. The maximum absolute atomic E-state index is 12.1. The lowest BCUT2D eigenvalue weighted by molar-refractivity contribution is -0.386. The minimum absolute atomic E-state index is 0.501. The molecule has 0 spiro atoms. The molecule has 0 unspecified atom stereocenters. The van der Waals surface area contributed by atoms with E-state index in [1.165, 1.54) is 13.8 Å². The first-order valence-corrected chi connectivity index (χ1v) is 7.27. The lowest BCUT2D eigenvalue weighted by Gasteiger charge is -2.17. The van der Waals surface area contributed by atoms with Crippen molar-refractivity contribution < 1.29 is 28.3 Å². The van der Waals surface area contributed by atoms with Crippen molar-refractivity contribution in [3.05, 3.63) is 28.3 Å². The van der Waals surface area contributed by atoms with E-state index in [0.717, 1.165) is 12.1 Å². The van der Waals surface area contributed by atoms with Crippen molar-refractivity contribution in [2.45, 2.75) is 24.8 Å². The minimum Gasteiger partial charge on any atom is -0.502 e. The minimum atomic E-state index is -4.27. The Morgan fingerprint density at radius 1 is 1.38 bits per heavy atom. The molecule has 9 nitrogen and oxygen atoms in total. The number of aliphatic carboxylic acids is 1. The second kappa shape index (κ2) is 6.06. The van der Waals surface area contributed by atoms with Gasteiger partial charge in [-0.1, -0.05) is 13.8 Å². The van der Waals surface area contributed by atoms with Crippen molar-refractivity contribution in [2.75, 3.05) is 0 Å². The number of nitro benzene ring substituents is 1.